The molecule has 1 saturated carbocycles. The van der Waals surface area contributed by atoms with Crippen molar-refractivity contribution in [2.75, 3.05) is 28.2 Å². The van der Waals surface area contributed by atoms with Gasteiger partial charge in [0.25, 0.3) is 0 Å². The van der Waals surface area contributed by atoms with E-state index < -0.39 is 0 Å². The Hall–Kier alpha value is -1.58. The second-order valence-corrected chi connectivity index (χ2v) is 5.18. The second-order valence-electron chi connectivity index (χ2n) is 5.18. The molecule has 0 N–H and O–H groups in total. The summed E-state index contributed by atoms with van der Waals surface area (Å²) in [6.45, 7) is 0. The number of nitrogens with zero attached hydrogens (tertiary/aromatic N) is 3. The van der Waals surface area contributed by atoms with E-state index in [2.05, 4.69) is 0 Å². The van der Waals surface area contributed by atoms with Gasteiger partial charge in [-0.25, -0.2) is 9.38 Å². The van der Waals surface area contributed by atoms with Crippen molar-refractivity contribution in [3.8, 4) is 0 Å². The first kappa shape index (κ1) is 12.9. The van der Waals surface area contributed by atoms with Crippen LogP contribution in [0.15, 0.2) is 29.3 Å². The number of aliphatic imine (C=N–C) groups is 1. The summed E-state index contributed by atoms with van der Waals surface area (Å²) in [5.41, 5.74) is 1.06. The normalized spacial score (nSPS) is 21.4. The average Bonchev–Trinajstić information content (AvgIpc) is 3.04. The maximum Gasteiger partial charge on any atom is 0.195 e. The zero-order chi connectivity index (χ0) is 13.3. The molecule has 0 aromatic heterocycles. The molecular formula is C14H20FN3. The monoisotopic (exact) mass is 249 g/mol. The summed E-state index contributed by atoms with van der Waals surface area (Å²) < 4.78 is 13.1. The lowest BCUT2D eigenvalue weighted by atomic mass is 10.1. The lowest BCUT2D eigenvalue weighted by molar-refractivity contribution is 0.478. The second kappa shape index (κ2) is 4.96. The van der Waals surface area contributed by atoms with Crippen molar-refractivity contribution in [2.24, 2.45) is 4.99 Å². The first-order chi connectivity index (χ1) is 8.49. The molecule has 0 bridgehead atoms. The van der Waals surface area contributed by atoms with Crippen LogP contribution in [0.1, 0.15) is 17.9 Å². The molecular weight excluding hydrogens is 229 g/mol. The largest absolute Gasteiger partial charge is 0.349 e. The predicted molar refractivity (Wildman–Crippen MR) is 72.4 cm³/mol. The minimum Gasteiger partial charge on any atom is -0.349 e. The van der Waals surface area contributed by atoms with Gasteiger partial charge in [-0.15, -0.1) is 0 Å². The van der Waals surface area contributed by atoms with Crippen LogP contribution in [0.3, 0.4) is 0 Å². The number of rotatable bonds is 2. The molecule has 4 heteroatoms. The minimum atomic E-state index is -0.164. The molecule has 2 rings (SSSR count). The summed E-state index contributed by atoms with van der Waals surface area (Å²) in [5.74, 6) is 1.16. The van der Waals surface area contributed by atoms with Gasteiger partial charge in [0.05, 0.1) is 6.04 Å². The number of halogens is 1. The fourth-order valence-electron chi connectivity index (χ4n) is 2.20. The van der Waals surface area contributed by atoms with Crippen LogP contribution >= 0.6 is 0 Å². The lowest BCUT2D eigenvalue weighted by Gasteiger charge is -2.22. The number of hydrogen-bond acceptors (Lipinski definition) is 1. The van der Waals surface area contributed by atoms with E-state index in [1.807, 2.05) is 44.1 Å². The fraction of sp³-hybridized carbons (Fsp3) is 0.500. The van der Waals surface area contributed by atoms with Crippen LogP contribution in [0.5, 0.6) is 0 Å². The molecule has 1 aliphatic rings. The average molecular weight is 249 g/mol. The van der Waals surface area contributed by atoms with Gasteiger partial charge < -0.3 is 9.80 Å². The van der Waals surface area contributed by atoms with Gasteiger partial charge in [0.1, 0.15) is 5.82 Å². The summed E-state index contributed by atoms with van der Waals surface area (Å²) in [6, 6.07) is 7.13. The Bertz CT molecular complexity index is 444. The quantitative estimate of drug-likeness (QED) is 0.591. The molecule has 0 saturated heterocycles. The molecule has 0 heterocycles. The van der Waals surface area contributed by atoms with E-state index in [0.29, 0.717) is 5.92 Å². The van der Waals surface area contributed by atoms with Crippen LogP contribution in [-0.2, 0) is 0 Å². The van der Waals surface area contributed by atoms with Gasteiger partial charge in [0.2, 0.25) is 0 Å². The van der Waals surface area contributed by atoms with E-state index in [-0.39, 0.29) is 11.9 Å². The fourth-order valence-corrected chi connectivity index (χ4v) is 2.20. The Morgan fingerprint density at radius 1 is 1.22 bits per heavy atom. The Labute approximate surface area is 108 Å². The summed E-state index contributed by atoms with van der Waals surface area (Å²) in [7, 11) is 7.94. The van der Waals surface area contributed by atoms with Gasteiger partial charge in [0.15, 0.2) is 5.96 Å². The highest BCUT2D eigenvalue weighted by Gasteiger charge is 2.39. The highest BCUT2D eigenvalue weighted by molar-refractivity contribution is 5.79. The standard InChI is InChI=1S/C14H20FN3/c1-17(2)14(18(3)4)16-13-9-12(13)10-6-5-7-11(15)8-10/h5-8,12-13H,9H2,1-4H3. The van der Waals surface area contributed by atoms with Crippen molar-refractivity contribution in [2.45, 2.75) is 18.4 Å². The summed E-state index contributed by atoms with van der Waals surface area (Å²) >= 11 is 0. The zero-order valence-electron chi connectivity index (χ0n) is 11.4. The Balaban J connectivity index is 2.09. The topological polar surface area (TPSA) is 18.8 Å². The molecule has 98 valence electrons. The first-order valence-electron chi connectivity index (χ1n) is 6.17. The smallest absolute Gasteiger partial charge is 0.195 e. The van der Waals surface area contributed by atoms with Crippen molar-refractivity contribution in [3.63, 3.8) is 0 Å². The third kappa shape index (κ3) is 2.81. The molecule has 1 aliphatic carbocycles. The molecule has 1 aromatic carbocycles. The minimum absolute atomic E-state index is 0.164. The van der Waals surface area contributed by atoms with Crippen molar-refractivity contribution in [1.82, 2.24) is 9.80 Å². The molecule has 0 spiro atoms. The van der Waals surface area contributed by atoms with Gasteiger partial charge in [-0.1, -0.05) is 12.1 Å². The summed E-state index contributed by atoms with van der Waals surface area (Å²) in [6.07, 6.45) is 1.01. The first-order valence-corrected chi connectivity index (χ1v) is 6.17. The van der Waals surface area contributed by atoms with E-state index >= 15 is 0 Å². The molecule has 2 atom stereocenters. The van der Waals surface area contributed by atoms with Crippen LogP contribution in [0, 0.1) is 5.82 Å². The van der Waals surface area contributed by atoms with Gasteiger partial charge in [-0.2, -0.15) is 0 Å². The Kier molecular flexibility index (Phi) is 3.55. The molecule has 18 heavy (non-hydrogen) atoms. The predicted octanol–water partition coefficient (Wildman–Crippen LogP) is 2.16. The third-order valence-electron chi connectivity index (χ3n) is 3.11. The molecule has 1 aromatic rings. The molecule has 0 amide bonds. The highest BCUT2D eigenvalue weighted by Crippen LogP contribution is 2.43. The van der Waals surface area contributed by atoms with Gasteiger partial charge in [0, 0.05) is 34.1 Å². The highest BCUT2D eigenvalue weighted by atomic mass is 19.1. The van der Waals surface area contributed by atoms with E-state index in [0.717, 1.165) is 17.9 Å². The van der Waals surface area contributed by atoms with Gasteiger partial charge >= 0.3 is 0 Å². The number of hydrogen-bond donors (Lipinski definition) is 0. The zero-order valence-corrected chi connectivity index (χ0v) is 11.4. The molecule has 1 fully saturated rings. The van der Waals surface area contributed by atoms with Crippen LogP contribution in [-0.4, -0.2) is 50.0 Å². The SMILES string of the molecule is CN(C)C(=NC1CC1c1cccc(F)c1)N(C)C. The van der Waals surface area contributed by atoms with Crippen molar-refractivity contribution in [3.05, 3.63) is 35.6 Å². The van der Waals surface area contributed by atoms with Crippen molar-refractivity contribution in [1.29, 1.82) is 0 Å². The number of guanidine groups is 1. The van der Waals surface area contributed by atoms with Crippen LogP contribution in [0.25, 0.3) is 0 Å². The van der Waals surface area contributed by atoms with E-state index in [1.54, 1.807) is 12.1 Å². The van der Waals surface area contributed by atoms with E-state index in [1.165, 1.54) is 6.07 Å². The maximum absolute atomic E-state index is 13.1. The number of benzene rings is 1. The maximum atomic E-state index is 13.1. The molecule has 0 aliphatic heterocycles. The van der Waals surface area contributed by atoms with Gasteiger partial charge in [-0.05, 0) is 24.1 Å². The lowest BCUT2D eigenvalue weighted by Crippen LogP contribution is -2.35. The summed E-state index contributed by atoms with van der Waals surface area (Å²) in [5, 5.41) is 0. The van der Waals surface area contributed by atoms with Crippen molar-refractivity contribution < 1.29 is 4.39 Å². The third-order valence-corrected chi connectivity index (χ3v) is 3.11. The molecule has 3 nitrogen and oxygen atoms in total. The van der Waals surface area contributed by atoms with Crippen LogP contribution < -0.4 is 0 Å². The van der Waals surface area contributed by atoms with E-state index in [9.17, 15) is 4.39 Å². The van der Waals surface area contributed by atoms with Crippen molar-refractivity contribution >= 4 is 5.96 Å². The van der Waals surface area contributed by atoms with Gasteiger partial charge in [-0.3, -0.25) is 0 Å². The Morgan fingerprint density at radius 2 is 1.89 bits per heavy atom. The summed E-state index contributed by atoms with van der Waals surface area (Å²) in [4.78, 5) is 8.72. The Morgan fingerprint density at radius 3 is 2.44 bits per heavy atom. The van der Waals surface area contributed by atoms with Crippen LogP contribution in [0.4, 0.5) is 4.39 Å². The van der Waals surface area contributed by atoms with Crippen LogP contribution in [0.2, 0.25) is 0 Å². The molecule has 2 unspecified atom stereocenters. The van der Waals surface area contributed by atoms with E-state index in [4.69, 9.17) is 4.99 Å². The molecule has 0 radical (unpaired) electrons.